The summed E-state index contributed by atoms with van der Waals surface area (Å²) in [6.45, 7) is 0.878. The zero-order chi connectivity index (χ0) is 12.0. The van der Waals surface area contributed by atoms with Gasteiger partial charge in [-0.15, -0.1) is 12.4 Å². The molecule has 1 aliphatic carbocycles. The minimum Gasteiger partial charge on any atom is -0.391 e. The Morgan fingerprint density at radius 1 is 1.53 bits per heavy atom. The van der Waals surface area contributed by atoms with E-state index in [1.54, 1.807) is 12.2 Å². The molecule has 17 heavy (non-hydrogen) atoms. The number of hydrogen-bond acceptors (Lipinski definition) is 5. The number of thiocarbonyl (C=S) groups is 1. The molecule has 1 rings (SSSR count). The van der Waals surface area contributed by atoms with Crippen molar-refractivity contribution in [1.29, 1.82) is 0 Å². The van der Waals surface area contributed by atoms with Gasteiger partial charge >= 0.3 is 5.97 Å². The van der Waals surface area contributed by atoms with E-state index in [9.17, 15) is 4.79 Å². The van der Waals surface area contributed by atoms with Crippen molar-refractivity contribution in [3.63, 3.8) is 0 Å². The highest BCUT2D eigenvalue weighted by molar-refractivity contribution is 7.95. The van der Waals surface area contributed by atoms with Crippen LogP contribution in [0.1, 0.15) is 0 Å². The Hall–Kier alpha value is -0.360. The number of carbonyl (C=O) groups excluding carboxylic acids is 1. The molecule has 6 heteroatoms. The first kappa shape index (κ1) is 16.6. The molecule has 0 saturated heterocycles. The Labute approximate surface area is 118 Å². The predicted molar refractivity (Wildman–Crippen MR) is 78.7 cm³/mol. The van der Waals surface area contributed by atoms with E-state index in [0.717, 1.165) is 12.3 Å². The topological polar surface area (TPSA) is 29.5 Å². The Kier molecular flexibility index (Phi) is 8.51. The minimum atomic E-state index is -0.396. The molecule has 0 spiro atoms. The van der Waals surface area contributed by atoms with Gasteiger partial charge in [-0.05, 0) is 20.2 Å². The Morgan fingerprint density at radius 2 is 2.24 bits per heavy atom. The van der Waals surface area contributed by atoms with E-state index in [-0.39, 0.29) is 18.4 Å². The molecule has 0 N–H and O–H groups in total. The molecular formula is C11H16ClNO2S2. The third-order valence-corrected chi connectivity index (χ3v) is 3.02. The fourth-order valence-electron chi connectivity index (χ4n) is 1.09. The van der Waals surface area contributed by atoms with Crippen LogP contribution >= 0.6 is 36.7 Å². The third-order valence-electron chi connectivity index (χ3n) is 2.00. The minimum absolute atomic E-state index is 0. The molecule has 1 atom stereocenters. The standard InChI is InChI=1S/C11H15NO2S2.ClH/c1-12(2)7-8-16-14-11(13)9-5-3-4-6-10(9)15;/h3-6,9H,7-8H2,1-2H3;1H. The summed E-state index contributed by atoms with van der Waals surface area (Å²) in [7, 11) is 3.96. The smallest absolute Gasteiger partial charge is 0.330 e. The van der Waals surface area contributed by atoms with Crippen molar-refractivity contribution in [2.45, 2.75) is 0 Å². The lowest BCUT2D eigenvalue weighted by atomic mass is 10.0. The van der Waals surface area contributed by atoms with E-state index in [1.807, 2.05) is 31.1 Å². The second-order valence-electron chi connectivity index (χ2n) is 3.65. The van der Waals surface area contributed by atoms with Crippen LogP contribution in [0.4, 0.5) is 0 Å². The van der Waals surface area contributed by atoms with Crippen LogP contribution < -0.4 is 0 Å². The lowest BCUT2D eigenvalue weighted by Crippen LogP contribution is -2.22. The SMILES string of the molecule is CN(C)CCSOC(=O)C1C=CC=CC1=S.Cl. The maximum Gasteiger partial charge on any atom is 0.330 e. The van der Waals surface area contributed by atoms with Gasteiger partial charge < -0.3 is 9.08 Å². The Bertz CT molecular complexity index is 329. The van der Waals surface area contributed by atoms with Gasteiger partial charge in [-0.25, -0.2) is 0 Å². The number of hydrogen-bond donors (Lipinski definition) is 0. The predicted octanol–water partition coefficient (Wildman–Crippen LogP) is 2.27. The molecule has 0 radical (unpaired) electrons. The van der Waals surface area contributed by atoms with Crippen molar-refractivity contribution in [3.05, 3.63) is 24.3 Å². The highest BCUT2D eigenvalue weighted by Crippen LogP contribution is 2.15. The van der Waals surface area contributed by atoms with Gasteiger partial charge in [-0.1, -0.05) is 30.4 Å². The molecule has 0 aliphatic heterocycles. The van der Waals surface area contributed by atoms with Gasteiger partial charge in [0.2, 0.25) is 0 Å². The highest BCUT2D eigenvalue weighted by Gasteiger charge is 2.22. The number of halogens is 1. The molecule has 0 fully saturated rings. The zero-order valence-electron chi connectivity index (χ0n) is 9.79. The molecule has 1 unspecified atom stereocenters. The quantitative estimate of drug-likeness (QED) is 0.441. The van der Waals surface area contributed by atoms with Crippen LogP contribution in [0.25, 0.3) is 0 Å². The monoisotopic (exact) mass is 293 g/mol. The normalized spacial score (nSPS) is 18.1. The average Bonchev–Trinajstić information content (AvgIpc) is 2.24. The molecule has 0 saturated carbocycles. The van der Waals surface area contributed by atoms with Gasteiger partial charge in [-0.3, -0.25) is 4.79 Å². The van der Waals surface area contributed by atoms with Gasteiger partial charge in [0.1, 0.15) is 5.92 Å². The molecule has 0 aromatic heterocycles. The first-order chi connectivity index (χ1) is 7.61. The van der Waals surface area contributed by atoms with Crippen molar-refractivity contribution >= 4 is 47.5 Å². The molecule has 0 aromatic rings. The summed E-state index contributed by atoms with van der Waals surface area (Å²) in [4.78, 5) is 14.3. The maximum absolute atomic E-state index is 11.6. The summed E-state index contributed by atoms with van der Waals surface area (Å²) >= 11 is 6.24. The molecule has 0 heterocycles. The number of rotatable bonds is 5. The van der Waals surface area contributed by atoms with E-state index in [1.165, 1.54) is 12.0 Å². The molecule has 3 nitrogen and oxygen atoms in total. The maximum atomic E-state index is 11.6. The van der Waals surface area contributed by atoms with Gasteiger partial charge in [0.25, 0.3) is 0 Å². The first-order valence-corrected chi connectivity index (χ1v) is 6.30. The molecule has 0 aromatic carbocycles. The van der Waals surface area contributed by atoms with E-state index in [4.69, 9.17) is 16.4 Å². The van der Waals surface area contributed by atoms with Crippen molar-refractivity contribution in [2.75, 3.05) is 26.4 Å². The van der Waals surface area contributed by atoms with Gasteiger partial charge in [0.05, 0.1) is 12.0 Å². The second kappa shape index (κ2) is 8.69. The van der Waals surface area contributed by atoms with Crippen LogP contribution in [0.5, 0.6) is 0 Å². The van der Waals surface area contributed by atoms with Crippen LogP contribution in [-0.2, 0) is 8.98 Å². The zero-order valence-corrected chi connectivity index (χ0v) is 12.2. The van der Waals surface area contributed by atoms with Crippen molar-refractivity contribution < 1.29 is 8.98 Å². The summed E-state index contributed by atoms with van der Waals surface area (Å²) in [5.41, 5.74) is 0. The number of nitrogens with zero attached hydrogens (tertiary/aromatic N) is 1. The fraction of sp³-hybridized carbons (Fsp3) is 0.455. The van der Waals surface area contributed by atoms with E-state index >= 15 is 0 Å². The van der Waals surface area contributed by atoms with Gasteiger partial charge in [0, 0.05) is 17.2 Å². The summed E-state index contributed by atoms with van der Waals surface area (Å²) in [6.07, 6.45) is 7.15. The summed E-state index contributed by atoms with van der Waals surface area (Å²) in [5.74, 6) is 0.0822. The van der Waals surface area contributed by atoms with Gasteiger partial charge in [0.15, 0.2) is 0 Å². The summed E-state index contributed by atoms with van der Waals surface area (Å²) < 4.78 is 5.08. The molecule has 1 aliphatic rings. The van der Waals surface area contributed by atoms with Crippen LogP contribution in [0.2, 0.25) is 0 Å². The average molecular weight is 294 g/mol. The lowest BCUT2D eigenvalue weighted by molar-refractivity contribution is -0.133. The number of carbonyl (C=O) groups is 1. The number of allylic oxidation sites excluding steroid dienone is 3. The summed E-state index contributed by atoms with van der Waals surface area (Å²) in [6, 6.07) is 0. The van der Waals surface area contributed by atoms with Crippen LogP contribution in [0.15, 0.2) is 24.3 Å². The van der Waals surface area contributed by atoms with Crippen molar-refractivity contribution in [1.82, 2.24) is 4.90 Å². The fourth-order valence-corrected chi connectivity index (χ4v) is 2.09. The van der Waals surface area contributed by atoms with E-state index in [0.29, 0.717) is 4.86 Å². The van der Waals surface area contributed by atoms with Crippen molar-refractivity contribution in [3.8, 4) is 0 Å². The summed E-state index contributed by atoms with van der Waals surface area (Å²) in [5, 5.41) is 0. The lowest BCUT2D eigenvalue weighted by Gasteiger charge is -2.13. The largest absolute Gasteiger partial charge is 0.391 e. The van der Waals surface area contributed by atoms with Crippen LogP contribution in [-0.4, -0.2) is 42.1 Å². The molecule has 0 amide bonds. The van der Waals surface area contributed by atoms with Gasteiger partial charge in [-0.2, -0.15) is 0 Å². The Balaban J connectivity index is 0.00000256. The Morgan fingerprint density at radius 3 is 2.82 bits per heavy atom. The first-order valence-electron chi connectivity index (χ1n) is 4.98. The van der Waals surface area contributed by atoms with Crippen LogP contribution in [0, 0.1) is 5.92 Å². The van der Waals surface area contributed by atoms with Crippen LogP contribution in [0.3, 0.4) is 0 Å². The highest BCUT2D eigenvalue weighted by atomic mass is 35.5. The molecular weight excluding hydrogens is 278 g/mol. The molecule has 0 bridgehead atoms. The second-order valence-corrected chi connectivity index (χ2v) is 4.93. The van der Waals surface area contributed by atoms with E-state index < -0.39 is 5.92 Å². The molecule has 96 valence electrons. The third kappa shape index (κ3) is 6.21. The van der Waals surface area contributed by atoms with E-state index in [2.05, 4.69) is 0 Å². The van der Waals surface area contributed by atoms with Crippen molar-refractivity contribution in [2.24, 2.45) is 5.92 Å².